The van der Waals surface area contributed by atoms with Gasteiger partial charge in [-0.05, 0) is 49.5 Å². The molecule has 1 saturated heterocycles. The maximum atomic E-state index is 12.8. The van der Waals surface area contributed by atoms with Gasteiger partial charge in [0.15, 0.2) is 0 Å². The van der Waals surface area contributed by atoms with Crippen molar-refractivity contribution in [1.29, 1.82) is 0 Å². The molecule has 0 aliphatic carbocycles. The molecular weight excluding hydrogens is 227 g/mol. The number of benzene rings is 1. The fourth-order valence-electron chi connectivity index (χ4n) is 2.86. The molecule has 0 radical (unpaired) electrons. The van der Waals surface area contributed by atoms with Crippen molar-refractivity contribution in [2.75, 3.05) is 26.7 Å². The predicted molar refractivity (Wildman–Crippen MR) is 72.9 cm³/mol. The van der Waals surface area contributed by atoms with Crippen LogP contribution in [0.3, 0.4) is 0 Å². The van der Waals surface area contributed by atoms with E-state index in [9.17, 15) is 4.39 Å². The van der Waals surface area contributed by atoms with E-state index in [0.717, 1.165) is 26.2 Å². The van der Waals surface area contributed by atoms with E-state index in [4.69, 9.17) is 0 Å². The van der Waals surface area contributed by atoms with Crippen LogP contribution in [0.2, 0.25) is 0 Å². The van der Waals surface area contributed by atoms with Gasteiger partial charge in [0.2, 0.25) is 0 Å². The molecule has 0 spiro atoms. The van der Waals surface area contributed by atoms with E-state index in [-0.39, 0.29) is 5.82 Å². The van der Waals surface area contributed by atoms with Crippen LogP contribution in [0, 0.1) is 11.2 Å². The Kier molecular flexibility index (Phi) is 4.36. The average molecular weight is 250 g/mol. The summed E-state index contributed by atoms with van der Waals surface area (Å²) < 4.78 is 12.8. The molecule has 0 amide bonds. The van der Waals surface area contributed by atoms with Crippen molar-refractivity contribution >= 4 is 0 Å². The molecule has 100 valence electrons. The zero-order valence-electron chi connectivity index (χ0n) is 11.4. The van der Waals surface area contributed by atoms with Gasteiger partial charge in [0, 0.05) is 19.6 Å². The molecule has 1 aliphatic heterocycles. The Morgan fingerprint density at radius 2 is 2.06 bits per heavy atom. The van der Waals surface area contributed by atoms with Crippen molar-refractivity contribution in [2.45, 2.75) is 26.3 Å². The van der Waals surface area contributed by atoms with E-state index in [0.29, 0.717) is 5.41 Å². The van der Waals surface area contributed by atoms with Crippen LogP contribution in [-0.4, -0.2) is 31.6 Å². The monoisotopic (exact) mass is 250 g/mol. The quantitative estimate of drug-likeness (QED) is 0.884. The number of hydrogen-bond donors (Lipinski definition) is 1. The standard InChI is InChI=1S/C15H23FN2/c1-15(8-3-9-17-11-15)12-18(2)10-13-4-6-14(16)7-5-13/h4-7,17H,3,8-12H2,1-2H3. The minimum absolute atomic E-state index is 0.162. The van der Waals surface area contributed by atoms with Gasteiger partial charge in [-0.1, -0.05) is 19.1 Å². The maximum Gasteiger partial charge on any atom is 0.123 e. The molecule has 1 aromatic carbocycles. The SMILES string of the molecule is CN(Cc1ccc(F)cc1)CC1(C)CCCNC1. The van der Waals surface area contributed by atoms with E-state index < -0.39 is 0 Å². The van der Waals surface area contributed by atoms with E-state index in [2.05, 4.69) is 24.2 Å². The highest BCUT2D eigenvalue weighted by atomic mass is 19.1. The maximum absolute atomic E-state index is 12.8. The van der Waals surface area contributed by atoms with Crippen LogP contribution in [0.5, 0.6) is 0 Å². The molecule has 0 bridgehead atoms. The Balaban J connectivity index is 1.87. The van der Waals surface area contributed by atoms with Gasteiger partial charge in [-0.25, -0.2) is 4.39 Å². The van der Waals surface area contributed by atoms with E-state index in [1.165, 1.54) is 30.5 Å². The molecule has 1 aromatic rings. The highest BCUT2D eigenvalue weighted by Gasteiger charge is 2.27. The number of nitrogens with one attached hydrogen (secondary N) is 1. The Hall–Kier alpha value is -0.930. The molecule has 1 heterocycles. The lowest BCUT2D eigenvalue weighted by atomic mass is 9.82. The van der Waals surface area contributed by atoms with Crippen LogP contribution < -0.4 is 5.32 Å². The zero-order chi connectivity index (χ0) is 13.0. The van der Waals surface area contributed by atoms with Crippen LogP contribution in [0.15, 0.2) is 24.3 Å². The Morgan fingerprint density at radius 1 is 1.33 bits per heavy atom. The topological polar surface area (TPSA) is 15.3 Å². The van der Waals surface area contributed by atoms with Crippen molar-refractivity contribution in [3.63, 3.8) is 0 Å². The van der Waals surface area contributed by atoms with Crippen molar-refractivity contribution < 1.29 is 4.39 Å². The fraction of sp³-hybridized carbons (Fsp3) is 0.600. The fourth-order valence-corrected chi connectivity index (χ4v) is 2.86. The number of piperidine rings is 1. The summed E-state index contributed by atoms with van der Waals surface area (Å²) in [6, 6.07) is 6.81. The molecule has 18 heavy (non-hydrogen) atoms. The Labute approximate surface area is 109 Å². The molecule has 0 saturated carbocycles. The molecule has 1 fully saturated rings. The summed E-state index contributed by atoms with van der Waals surface area (Å²) in [7, 11) is 2.14. The molecule has 1 unspecified atom stereocenters. The minimum Gasteiger partial charge on any atom is -0.316 e. The van der Waals surface area contributed by atoms with Crippen molar-refractivity contribution in [3.8, 4) is 0 Å². The molecule has 2 nitrogen and oxygen atoms in total. The molecule has 3 heteroatoms. The third-order valence-electron chi connectivity index (χ3n) is 3.70. The number of halogens is 1. The van der Waals surface area contributed by atoms with Crippen LogP contribution in [0.25, 0.3) is 0 Å². The van der Waals surface area contributed by atoms with Crippen molar-refractivity contribution in [1.82, 2.24) is 10.2 Å². The summed E-state index contributed by atoms with van der Waals surface area (Å²) in [5, 5.41) is 3.48. The van der Waals surface area contributed by atoms with E-state index in [1.807, 2.05) is 12.1 Å². The molecule has 1 aliphatic rings. The second-order valence-corrected chi connectivity index (χ2v) is 5.89. The van der Waals surface area contributed by atoms with Gasteiger partial charge in [-0.2, -0.15) is 0 Å². The summed E-state index contributed by atoms with van der Waals surface area (Å²) in [4.78, 5) is 2.33. The van der Waals surface area contributed by atoms with Crippen molar-refractivity contribution in [3.05, 3.63) is 35.6 Å². The molecule has 1 N–H and O–H groups in total. The minimum atomic E-state index is -0.162. The average Bonchev–Trinajstić information content (AvgIpc) is 2.32. The third-order valence-corrected chi connectivity index (χ3v) is 3.70. The first-order chi connectivity index (χ1) is 8.57. The molecular formula is C15H23FN2. The van der Waals surface area contributed by atoms with Crippen molar-refractivity contribution in [2.24, 2.45) is 5.41 Å². The smallest absolute Gasteiger partial charge is 0.123 e. The molecule has 2 rings (SSSR count). The van der Waals surface area contributed by atoms with Crippen LogP contribution in [0.1, 0.15) is 25.3 Å². The summed E-state index contributed by atoms with van der Waals surface area (Å²) in [6.07, 6.45) is 2.55. The van der Waals surface area contributed by atoms with Crippen LogP contribution in [-0.2, 0) is 6.54 Å². The number of nitrogens with zero attached hydrogens (tertiary/aromatic N) is 1. The second kappa shape index (κ2) is 5.81. The number of hydrogen-bond acceptors (Lipinski definition) is 2. The van der Waals surface area contributed by atoms with Crippen LogP contribution >= 0.6 is 0 Å². The number of rotatable bonds is 4. The van der Waals surface area contributed by atoms with E-state index in [1.54, 1.807) is 0 Å². The normalized spacial score (nSPS) is 24.4. The zero-order valence-corrected chi connectivity index (χ0v) is 11.4. The first-order valence-corrected chi connectivity index (χ1v) is 6.71. The lowest BCUT2D eigenvalue weighted by Crippen LogP contribution is -2.44. The summed E-state index contributed by atoms with van der Waals surface area (Å²) in [5.41, 5.74) is 1.54. The Bertz CT molecular complexity index is 369. The lowest BCUT2D eigenvalue weighted by molar-refractivity contribution is 0.148. The second-order valence-electron chi connectivity index (χ2n) is 5.89. The van der Waals surface area contributed by atoms with Gasteiger partial charge in [0.25, 0.3) is 0 Å². The first-order valence-electron chi connectivity index (χ1n) is 6.71. The van der Waals surface area contributed by atoms with Gasteiger partial charge in [-0.15, -0.1) is 0 Å². The van der Waals surface area contributed by atoms with Gasteiger partial charge < -0.3 is 10.2 Å². The third kappa shape index (κ3) is 3.79. The highest BCUT2D eigenvalue weighted by Crippen LogP contribution is 2.26. The lowest BCUT2D eigenvalue weighted by Gasteiger charge is -2.37. The predicted octanol–water partition coefficient (Wildman–Crippen LogP) is 2.65. The summed E-state index contributed by atoms with van der Waals surface area (Å²) in [6.45, 7) is 6.56. The first kappa shape index (κ1) is 13.5. The molecule has 0 aromatic heterocycles. The van der Waals surface area contributed by atoms with Crippen LogP contribution in [0.4, 0.5) is 4.39 Å². The van der Waals surface area contributed by atoms with Gasteiger partial charge >= 0.3 is 0 Å². The van der Waals surface area contributed by atoms with Gasteiger partial charge in [-0.3, -0.25) is 0 Å². The highest BCUT2D eigenvalue weighted by molar-refractivity contribution is 5.15. The molecule has 1 atom stereocenters. The van der Waals surface area contributed by atoms with E-state index >= 15 is 0 Å². The largest absolute Gasteiger partial charge is 0.316 e. The Morgan fingerprint density at radius 3 is 2.67 bits per heavy atom. The van der Waals surface area contributed by atoms with Gasteiger partial charge in [0.1, 0.15) is 5.82 Å². The summed E-state index contributed by atoms with van der Waals surface area (Å²) >= 11 is 0. The van der Waals surface area contributed by atoms with Gasteiger partial charge in [0.05, 0.1) is 0 Å². The summed E-state index contributed by atoms with van der Waals surface area (Å²) in [5.74, 6) is -0.162.